The van der Waals surface area contributed by atoms with Crippen LogP contribution in [0.4, 0.5) is 18.9 Å². The molecule has 1 aromatic heterocycles. The lowest BCUT2D eigenvalue weighted by Gasteiger charge is -2.19. The predicted octanol–water partition coefficient (Wildman–Crippen LogP) is 2.10. The summed E-state index contributed by atoms with van der Waals surface area (Å²) >= 11 is 0. The fourth-order valence-corrected chi connectivity index (χ4v) is 2.12. The summed E-state index contributed by atoms with van der Waals surface area (Å²) in [6.45, 7) is 0.898. The molecular formula is C12H13F3N2O2. The van der Waals surface area contributed by atoms with E-state index >= 15 is 0 Å². The second-order valence-electron chi connectivity index (χ2n) is 4.35. The normalized spacial score (nSPS) is 19.6. The molecule has 4 nitrogen and oxygen atoms in total. The second kappa shape index (κ2) is 5.07. The maximum Gasteiger partial charge on any atom is 0.433 e. The molecule has 0 saturated carbocycles. The molecule has 0 spiro atoms. The van der Waals surface area contributed by atoms with Crippen molar-refractivity contribution < 1.29 is 22.7 Å². The summed E-state index contributed by atoms with van der Waals surface area (Å²) in [4.78, 5) is 16.4. The Morgan fingerprint density at radius 2 is 2.26 bits per heavy atom. The van der Waals surface area contributed by atoms with Crippen LogP contribution in [0.25, 0.3) is 0 Å². The Balaban J connectivity index is 2.14. The average molecular weight is 274 g/mol. The number of carbonyl (C=O) groups excluding carboxylic acids is 1. The van der Waals surface area contributed by atoms with Gasteiger partial charge in [-0.2, -0.15) is 13.2 Å². The highest BCUT2D eigenvalue weighted by atomic mass is 19.4. The van der Waals surface area contributed by atoms with Gasteiger partial charge in [0, 0.05) is 25.0 Å². The molecule has 0 unspecified atom stereocenters. The van der Waals surface area contributed by atoms with Crippen LogP contribution in [0.15, 0.2) is 18.3 Å². The van der Waals surface area contributed by atoms with Gasteiger partial charge in [-0.3, -0.25) is 9.78 Å². The third kappa shape index (κ3) is 2.97. The van der Waals surface area contributed by atoms with E-state index in [-0.39, 0.29) is 11.9 Å². The van der Waals surface area contributed by atoms with Crippen LogP contribution in [0.1, 0.15) is 12.1 Å². The highest BCUT2D eigenvalue weighted by Crippen LogP contribution is 2.31. The van der Waals surface area contributed by atoms with Gasteiger partial charge in [-0.05, 0) is 18.6 Å². The summed E-state index contributed by atoms with van der Waals surface area (Å²) in [6.07, 6.45) is -2.75. The summed E-state index contributed by atoms with van der Waals surface area (Å²) in [5, 5.41) is 0. The number of methoxy groups -OCH3 is 1. The lowest BCUT2D eigenvalue weighted by atomic mass is 10.1. The molecule has 1 saturated heterocycles. The van der Waals surface area contributed by atoms with Crippen LogP contribution in [0, 0.1) is 5.92 Å². The van der Waals surface area contributed by atoms with Crippen molar-refractivity contribution in [3.8, 4) is 0 Å². The topological polar surface area (TPSA) is 42.4 Å². The van der Waals surface area contributed by atoms with Crippen molar-refractivity contribution >= 4 is 11.7 Å². The van der Waals surface area contributed by atoms with Gasteiger partial charge in [0.05, 0.1) is 13.0 Å². The van der Waals surface area contributed by atoms with Crippen LogP contribution in [0.2, 0.25) is 0 Å². The smallest absolute Gasteiger partial charge is 0.433 e. The number of anilines is 1. The maximum absolute atomic E-state index is 12.6. The van der Waals surface area contributed by atoms with Crippen LogP contribution in [-0.4, -0.2) is 31.2 Å². The summed E-state index contributed by atoms with van der Waals surface area (Å²) in [5.74, 6) is -0.611. The monoisotopic (exact) mass is 274 g/mol. The summed E-state index contributed by atoms with van der Waals surface area (Å²) in [6, 6.07) is 2.51. The van der Waals surface area contributed by atoms with Gasteiger partial charge in [0.15, 0.2) is 0 Å². The quantitative estimate of drug-likeness (QED) is 0.775. The van der Waals surface area contributed by atoms with Gasteiger partial charge in [-0.25, -0.2) is 0 Å². The van der Waals surface area contributed by atoms with Gasteiger partial charge >= 0.3 is 12.1 Å². The maximum atomic E-state index is 12.6. The Labute approximate surface area is 108 Å². The van der Waals surface area contributed by atoms with E-state index in [0.717, 1.165) is 12.3 Å². The summed E-state index contributed by atoms with van der Waals surface area (Å²) in [5.41, 5.74) is -0.500. The van der Waals surface area contributed by atoms with Crippen molar-refractivity contribution in [2.24, 2.45) is 5.92 Å². The summed E-state index contributed by atoms with van der Waals surface area (Å²) < 4.78 is 42.3. The van der Waals surface area contributed by atoms with Crippen LogP contribution in [0.3, 0.4) is 0 Å². The zero-order valence-corrected chi connectivity index (χ0v) is 10.3. The van der Waals surface area contributed by atoms with Gasteiger partial charge < -0.3 is 9.64 Å². The number of halogens is 3. The van der Waals surface area contributed by atoms with E-state index < -0.39 is 11.9 Å². The zero-order chi connectivity index (χ0) is 14.0. The molecule has 7 heteroatoms. The minimum Gasteiger partial charge on any atom is -0.469 e. The van der Waals surface area contributed by atoms with Gasteiger partial charge in [0.1, 0.15) is 5.69 Å². The van der Waals surface area contributed by atoms with Crippen LogP contribution in [0.5, 0.6) is 0 Å². The van der Waals surface area contributed by atoms with E-state index in [1.807, 2.05) is 0 Å². The molecule has 2 heterocycles. The third-order valence-corrected chi connectivity index (χ3v) is 3.12. The van der Waals surface area contributed by atoms with E-state index in [2.05, 4.69) is 9.72 Å². The first-order valence-corrected chi connectivity index (χ1v) is 5.78. The Morgan fingerprint density at radius 1 is 1.53 bits per heavy atom. The lowest BCUT2D eigenvalue weighted by Crippen LogP contribution is -2.24. The first kappa shape index (κ1) is 13.6. The Morgan fingerprint density at radius 3 is 2.89 bits per heavy atom. The Bertz CT molecular complexity index is 476. The van der Waals surface area contributed by atoms with Crippen molar-refractivity contribution in [1.82, 2.24) is 4.98 Å². The zero-order valence-electron chi connectivity index (χ0n) is 10.3. The Kier molecular flexibility index (Phi) is 3.64. The van der Waals surface area contributed by atoms with Crippen molar-refractivity contribution in [2.75, 3.05) is 25.1 Å². The van der Waals surface area contributed by atoms with E-state index in [1.165, 1.54) is 13.2 Å². The largest absolute Gasteiger partial charge is 0.469 e. The molecule has 0 aromatic carbocycles. The average Bonchev–Trinajstić information content (AvgIpc) is 2.86. The minimum absolute atomic E-state index is 0.285. The van der Waals surface area contributed by atoms with E-state index in [4.69, 9.17) is 0 Å². The van der Waals surface area contributed by atoms with Crippen molar-refractivity contribution in [2.45, 2.75) is 12.6 Å². The van der Waals surface area contributed by atoms with Gasteiger partial charge in [0.25, 0.3) is 0 Å². The van der Waals surface area contributed by atoms with Gasteiger partial charge in [0.2, 0.25) is 0 Å². The molecular weight excluding hydrogens is 261 g/mol. The molecule has 1 aromatic rings. The first-order chi connectivity index (χ1) is 8.91. The molecule has 0 amide bonds. The second-order valence-corrected chi connectivity index (χ2v) is 4.35. The minimum atomic E-state index is -4.46. The molecule has 0 aliphatic carbocycles. The molecule has 1 aliphatic heterocycles. The number of aromatic nitrogens is 1. The van der Waals surface area contributed by atoms with Gasteiger partial charge in [-0.1, -0.05) is 0 Å². The van der Waals surface area contributed by atoms with Crippen LogP contribution >= 0.6 is 0 Å². The highest BCUT2D eigenvalue weighted by molar-refractivity contribution is 5.74. The number of nitrogens with zero attached hydrogens (tertiary/aromatic N) is 2. The fourth-order valence-electron chi connectivity index (χ4n) is 2.12. The van der Waals surface area contributed by atoms with Crippen molar-refractivity contribution in [1.29, 1.82) is 0 Å². The summed E-state index contributed by atoms with van der Waals surface area (Å²) in [7, 11) is 1.30. The van der Waals surface area contributed by atoms with E-state index in [9.17, 15) is 18.0 Å². The molecule has 0 N–H and O–H groups in total. The first-order valence-electron chi connectivity index (χ1n) is 5.78. The van der Waals surface area contributed by atoms with E-state index in [0.29, 0.717) is 25.2 Å². The highest BCUT2D eigenvalue weighted by Gasteiger charge is 2.34. The van der Waals surface area contributed by atoms with E-state index in [1.54, 1.807) is 4.90 Å². The number of ether oxygens (including phenoxy) is 1. The molecule has 2 rings (SSSR count). The molecule has 104 valence electrons. The van der Waals surface area contributed by atoms with Crippen LogP contribution < -0.4 is 4.90 Å². The lowest BCUT2D eigenvalue weighted by molar-refractivity contribution is -0.144. The number of hydrogen-bond donors (Lipinski definition) is 0. The van der Waals surface area contributed by atoms with Crippen molar-refractivity contribution in [3.05, 3.63) is 24.0 Å². The van der Waals surface area contributed by atoms with Gasteiger partial charge in [-0.15, -0.1) is 0 Å². The molecule has 0 radical (unpaired) electrons. The molecule has 1 aliphatic rings. The van der Waals surface area contributed by atoms with Crippen LogP contribution in [-0.2, 0) is 15.7 Å². The number of pyridine rings is 1. The molecule has 1 atom stereocenters. The number of alkyl halides is 3. The number of hydrogen-bond acceptors (Lipinski definition) is 4. The number of rotatable bonds is 2. The standard InChI is InChI=1S/C12H13F3N2O2/c1-19-11(18)8-3-5-17(7-8)9-2-4-16-10(6-9)12(13,14)15/h2,4,6,8H,3,5,7H2,1H3/t8-/m0/s1. The number of esters is 1. The predicted molar refractivity (Wildman–Crippen MR) is 61.6 cm³/mol. The SMILES string of the molecule is COC(=O)[C@H]1CCN(c2ccnc(C(F)(F)F)c2)C1. The Hall–Kier alpha value is -1.79. The van der Waals surface area contributed by atoms with Crippen molar-refractivity contribution in [3.63, 3.8) is 0 Å². The number of carbonyl (C=O) groups is 1. The third-order valence-electron chi connectivity index (χ3n) is 3.12. The molecule has 19 heavy (non-hydrogen) atoms. The fraction of sp³-hybridized carbons (Fsp3) is 0.500. The molecule has 0 bridgehead atoms. The molecule has 1 fully saturated rings.